The Morgan fingerprint density at radius 3 is 0.920 bits per heavy atom. The number of rotatable bonds is 70. The lowest BCUT2D eigenvalue weighted by Crippen LogP contribution is -2.30. The van der Waals surface area contributed by atoms with Gasteiger partial charge < -0.3 is 33.8 Å². The maximum Gasteiger partial charge on any atom is 0.472 e. The van der Waals surface area contributed by atoms with Crippen LogP contribution in [0.4, 0.5) is 0 Å². The van der Waals surface area contributed by atoms with E-state index in [1.807, 2.05) is 18.2 Å². The fraction of sp³-hybridized carbons (Fsp3) is 0.654. The van der Waals surface area contributed by atoms with E-state index in [4.69, 9.17) is 37.0 Å². The number of phosphoric acid groups is 2. The van der Waals surface area contributed by atoms with E-state index in [1.54, 1.807) is 0 Å². The van der Waals surface area contributed by atoms with Crippen LogP contribution < -0.4 is 0 Å². The van der Waals surface area contributed by atoms with E-state index in [-0.39, 0.29) is 25.7 Å². The van der Waals surface area contributed by atoms with Crippen LogP contribution in [-0.4, -0.2) is 96.7 Å². The number of aliphatic hydroxyl groups excluding tert-OH is 1. The summed E-state index contributed by atoms with van der Waals surface area (Å²) in [4.78, 5) is 72.8. The van der Waals surface area contributed by atoms with Gasteiger partial charge in [-0.05, 0) is 128 Å². The fourth-order valence-corrected chi connectivity index (χ4v) is 11.1. The van der Waals surface area contributed by atoms with Gasteiger partial charge in [0.1, 0.15) is 19.3 Å². The van der Waals surface area contributed by atoms with Gasteiger partial charge in [0.2, 0.25) is 0 Å². The van der Waals surface area contributed by atoms with Crippen LogP contribution in [-0.2, 0) is 65.4 Å². The predicted molar refractivity (Wildman–Crippen MR) is 408 cm³/mol. The monoisotopic (exact) mass is 1440 g/mol. The Morgan fingerprint density at radius 1 is 0.290 bits per heavy atom. The highest BCUT2D eigenvalue weighted by atomic mass is 31.2. The van der Waals surface area contributed by atoms with Crippen LogP contribution in [0.1, 0.15) is 285 Å². The van der Waals surface area contributed by atoms with Crippen LogP contribution in [0.2, 0.25) is 0 Å². The summed E-state index contributed by atoms with van der Waals surface area (Å²) < 4.78 is 68.3. The van der Waals surface area contributed by atoms with Crippen molar-refractivity contribution in [1.82, 2.24) is 0 Å². The SMILES string of the molecule is CC/C=C\C/C=C\C/C=C\C/C=C\C/C=C\C/C=C\CCC(=O)OCC(COP(=O)(O)OCC(O)COP(=O)(O)OCC(COC(=O)CCCC/C=C\C/C=C\C/C=C\C/C=C\CC)OC(=O)CCCCCCCCCCCCCCC)OC(=O)CCCCCCC/C=C\C/C=C\CCC. The number of hydrogen-bond donors (Lipinski definition) is 3. The molecule has 0 bridgehead atoms. The average Bonchev–Trinajstić information content (AvgIpc) is 0.935. The first-order chi connectivity index (χ1) is 48.7. The smallest absolute Gasteiger partial charge is 0.462 e. The van der Waals surface area contributed by atoms with Gasteiger partial charge in [-0.15, -0.1) is 0 Å². The molecule has 0 amide bonds. The van der Waals surface area contributed by atoms with Crippen molar-refractivity contribution in [2.45, 2.75) is 303 Å². The van der Waals surface area contributed by atoms with E-state index in [1.165, 1.54) is 51.4 Å². The molecule has 0 aromatic carbocycles. The molecule has 0 aliphatic rings. The third-order valence-electron chi connectivity index (χ3n) is 15.3. The van der Waals surface area contributed by atoms with Crippen molar-refractivity contribution in [2.75, 3.05) is 39.6 Å². The fourth-order valence-electron chi connectivity index (χ4n) is 9.57. The molecule has 5 atom stereocenters. The van der Waals surface area contributed by atoms with Crippen LogP contribution in [0.25, 0.3) is 0 Å². The van der Waals surface area contributed by atoms with E-state index >= 15 is 0 Å². The van der Waals surface area contributed by atoms with Crippen molar-refractivity contribution in [3.63, 3.8) is 0 Å². The van der Waals surface area contributed by atoms with Gasteiger partial charge in [-0.2, -0.15) is 0 Å². The number of hydrogen-bond acceptors (Lipinski definition) is 15. The molecule has 0 rings (SSSR count). The number of phosphoric ester groups is 2. The highest BCUT2D eigenvalue weighted by molar-refractivity contribution is 7.47. The summed E-state index contributed by atoms with van der Waals surface area (Å²) >= 11 is 0. The maximum absolute atomic E-state index is 13.1. The Hall–Kier alpha value is -5.06. The lowest BCUT2D eigenvalue weighted by atomic mass is 10.0. The zero-order chi connectivity index (χ0) is 73.2. The third-order valence-corrected chi connectivity index (χ3v) is 17.2. The van der Waals surface area contributed by atoms with Gasteiger partial charge in [-0.25, -0.2) is 9.13 Å². The lowest BCUT2D eigenvalue weighted by molar-refractivity contribution is -0.161. The van der Waals surface area contributed by atoms with E-state index in [9.17, 15) is 43.2 Å². The highest BCUT2D eigenvalue weighted by Crippen LogP contribution is 2.45. The Morgan fingerprint density at radius 2 is 0.560 bits per heavy atom. The average molecular weight is 1440 g/mol. The van der Waals surface area contributed by atoms with Crippen LogP contribution in [0, 0.1) is 0 Å². The maximum atomic E-state index is 13.1. The molecular weight excluding hydrogens is 1310 g/mol. The van der Waals surface area contributed by atoms with Crippen LogP contribution in [0.15, 0.2) is 146 Å². The van der Waals surface area contributed by atoms with Gasteiger partial charge in [0.25, 0.3) is 0 Å². The summed E-state index contributed by atoms with van der Waals surface area (Å²) in [6.07, 6.45) is 81.5. The molecule has 0 saturated heterocycles. The minimum absolute atomic E-state index is 0.0286. The van der Waals surface area contributed by atoms with Gasteiger partial charge >= 0.3 is 39.5 Å². The summed E-state index contributed by atoms with van der Waals surface area (Å²) in [7, 11) is -9.99. The topological polar surface area (TPSA) is 237 Å². The predicted octanol–water partition coefficient (Wildman–Crippen LogP) is 21.9. The minimum atomic E-state index is -5.00. The van der Waals surface area contributed by atoms with Gasteiger partial charge in [-0.1, -0.05) is 276 Å². The van der Waals surface area contributed by atoms with Crippen molar-refractivity contribution in [3.05, 3.63) is 146 Å². The first-order valence-electron chi connectivity index (χ1n) is 38.1. The second kappa shape index (κ2) is 72.3. The van der Waals surface area contributed by atoms with Crippen LogP contribution in [0.5, 0.6) is 0 Å². The second-order valence-electron chi connectivity index (χ2n) is 24.8. The Bertz CT molecular complexity index is 2470. The third kappa shape index (κ3) is 71.3. The highest BCUT2D eigenvalue weighted by Gasteiger charge is 2.30. The number of esters is 4. The molecule has 19 heteroatoms. The molecule has 570 valence electrons. The molecule has 0 spiro atoms. The second-order valence-corrected chi connectivity index (χ2v) is 27.7. The Balaban J connectivity index is 5.44. The number of ether oxygens (including phenoxy) is 4. The molecule has 0 aliphatic heterocycles. The largest absolute Gasteiger partial charge is 0.472 e. The van der Waals surface area contributed by atoms with Crippen molar-refractivity contribution in [2.24, 2.45) is 0 Å². The first-order valence-corrected chi connectivity index (χ1v) is 41.1. The number of carbonyl (C=O) groups excluding carboxylic acids is 4. The standard InChI is InChI=1S/C81H134O17P2/c1-5-9-13-17-21-25-29-33-35-36-37-38-40-44-46-50-54-58-62-66-79(84)92-72-77(98-81(86)68-64-60-56-52-48-42-32-28-24-20-16-12-8-4)74-96-100(89,90)94-70-75(82)69-93-99(87,88)95-73-76(97-80(85)67-63-59-55-51-47-41-31-27-23-19-15-11-7-3)71-91-78(83)65-61-57-53-49-45-43-39-34-30-26-22-18-14-10-6-2/h9-10,13-14,16,20-22,25-26,28,32-35,37-39,44-46,49,54,58,75-77,82H,5-8,11-12,15,17-19,23-24,27,29-31,36,40-43,47-48,50-53,55-57,59-74H2,1-4H3,(H,87,88)(H,89,90)/b13-9-,14-10-,20-16-,25-21-,26-22-,32-28-,35-33-,38-37-,39-34-,46-44-,49-45-,58-54-. The molecule has 5 unspecified atom stereocenters. The molecule has 0 heterocycles. The molecule has 0 aromatic rings. The zero-order valence-corrected chi connectivity index (χ0v) is 63.9. The molecule has 100 heavy (non-hydrogen) atoms. The normalized spacial score (nSPS) is 14.8. The van der Waals surface area contributed by atoms with Gasteiger partial charge in [0.15, 0.2) is 12.2 Å². The van der Waals surface area contributed by atoms with Crippen molar-refractivity contribution in [1.29, 1.82) is 0 Å². The van der Waals surface area contributed by atoms with E-state index in [2.05, 4.69) is 155 Å². The molecule has 0 aliphatic carbocycles. The van der Waals surface area contributed by atoms with Crippen molar-refractivity contribution >= 4 is 39.5 Å². The summed E-state index contributed by atoms with van der Waals surface area (Å²) in [5.41, 5.74) is 0. The number of unbranched alkanes of at least 4 members (excludes halogenated alkanes) is 20. The molecule has 0 radical (unpaired) electrons. The molecule has 17 nitrogen and oxygen atoms in total. The summed E-state index contributed by atoms with van der Waals surface area (Å²) in [6, 6.07) is 0. The lowest BCUT2D eigenvalue weighted by Gasteiger charge is -2.21. The quantitative estimate of drug-likeness (QED) is 0.0169. The molecule has 0 aromatic heterocycles. The Labute approximate surface area is 605 Å². The number of allylic oxidation sites excluding steroid dienone is 24. The van der Waals surface area contributed by atoms with Crippen molar-refractivity contribution in [3.8, 4) is 0 Å². The molecule has 0 fully saturated rings. The minimum Gasteiger partial charge on any atom is -0.462 e. The first kappa shape index (κ1) is 94.9. The summed E-state index contributed by atoms with van der Waals surface area (Å²) in [5, 5.41) is 10.6. The summed E-state index contributed by atoms with van der Waals surface area (Å²) in [6.45, 7) is 4.42. The van der Waals surface area contributed by atoms with Gasteiger partial charge in [0.05, 0.1) is 26.4 Å². The van der Waals surface area contributed by atoms with E-state index in [0.717, 1.165) is 148 Å². The van der Waals surface area contributed by atoms with Gasteiger partial charge in [-0.3, -0.25) is 37.3 Å². The summed E-state index contributed by atoms with van der Waals surface area (Å²) in [5.74, 6) is -2.34. The number of aliphatic hydroxyl groups is 1. The molecule has 3 N–H and O–H groups in total. The molecular formula is C81H134O17P2. The van der Waals surface area contributed by atoms with Gasteiger partial charge in [0, 0.05) is 25.7 Å². The van der Waals surface area contributed by atoms with Crippen LogP contribution >= 0.6 is 15.6 Å². The number of carbonyl (C=O) groups is 4. The van der Waals surface area contributed by atoms with E-state index < -0.39 is 97.5 Å². The van der Waals surface area contributed by atoms with Crippen LogP contribution in [0.3, 0.4) is 0 Å². The van der Waals surface area contributed by atoms with E-state index in [0.29, 0.717) is 32.1 Å². The zero-order valence-electron chi connectivity index (χ0n) is 62.1. The Kier molecular flexibility index (Phi) is 68.6. The molecule has 0 saturated carbocycles. The van der Waals surface area contributed by atoms with Crippen molar-refractivity contribution < 1.29 is 80.2 Å².